The summed E-state index contributed by atoms with van der Waals surface area (Å²) in [5, 5.41) is 3.22. The lowest BCUT2D eigenvalue weighted by Crippen LogP contribution is -2.38. The van der Waals surface area contributed by atoms with Crippen LogP contribution in [0.15, 0.2) is 24.3 Å². The number of hydrogen-bond acceptors (Lipinski definition) is 2. The molecular weight excluding hydrogens is 255 g/mol. The van der Waals surface area contributed by atoms with Crippen molar-refractivity contribution in [3.63, 3.8) is 0 Å². The predicted molar refractivity (Wildman–Crippen MR) is 66.8 cm³/mol. The molecule has 0 spiro atoms. The van der Waals surface area contributed by atoms with Crippen molar-refractivity contribution in [2.24, 2.45) is 0 Å². The lowest BCUT2D eigenvalue weighted by molar-refractivity contribution is -0.138. The first-order chi connectivity index (χ1) is 8.98. The van der Waals surface area contributed by atoms with E-state index in [1.807, 2.05) is 0 Å². The Morgan fingerprint density at radius 3 is 2.68 bits per heavy atom. The molecule has 19 heavy (non-hydrogen) atoms. The SMILES string of the molecule is CC(NC1CCCOC1)c1ccccc1C(F)(F)F. The Hall–Kier alpha value is -1.07. The van der Waals surface area contributed by atoms with E-state index in [4.69, 9.17) is 4.74 Å². The molecule has 1 aliphatic heterocycles. The molecule has 2 rings (SSSR count). The molecule has 0 saturated carbocycles. The van der Waals surface area contributed by atoms with E-state index in [1.165, 1.54) is 12.1 Å². The molecule has 0 amide bonds. The molecule has 1 fully saturated rings. The van der Waals surface area contributed by atoms with Crippen molar-refractivity contribution >= 4 is 0 Å². The van der Waals surface area contributed by atoms with Crippen molar-refractivity contribution in [3.8, 4) is 0 Å². The second kappa shape index (κ2) is 5.92. The van der Waals surface area contributed by atoms with Crippen LogP contribution in [0.5, 0.6) is 0 Å². The van der Waals surface area contributed by atoms with E-state index in [0.717, 1.165) is 25.5 Å². The van der Waals surface area contributed by atoms with Gasteiger partial charge in [0.2, 0.25) is 0 Å². The largest absolute Gasteiger partial charge is 0.416 e. The van der Waals surface area contributed by atoms with Crippen LogP contribution in [-0.4, -0.2) is 19.3 Å². The van der Waals surface area contributed by atoms with Crippen LogP contribution in [0.4, 0.5) is 13.2 Å². The Labute approximate surface area is 111 Å². The lowest BCUT2D eigenvalue weighted by Gasteiger charge is -2.28. The van der Waals surface area contributed by atoms with E-state index in [1.54, 1.807) is 13.0 Å². The van der Waals surface area contributed by atoms with Gasteiger partial charge in [0.1, 0.15) is 0 Å². The van der Waals surface area contributed by atoms with Crippen LogP contribution in [0, 0.1) is 0 Å². The molecule has 0 bridgehead atoms. The quantitative estimate of drug-likeness (QED) is 0.909. The van der Waals surface area contributed by atoms with Crippen molar-refractivity contribution in [3.05, 3.63) is 35.4 Å². The number of benzene rings is 1. The van der Waals surface area contributed by atoms with E-state index in [2.05, 4.69) is 5.32 Å². The third-order valence-corrected chi connectivity index (χ3v) is 3.38. The number of nitrogens with one attached hydrogen (secondary N) is 1. The minimum absolute atomic E-state index is 0.130. The maximum atomic E-state index is 12.9. The van der Waals surface area contributed by atoms with Gasteiger partial charge in [-0.1, -0.05) is 18.2 Å². The molecule has 1 saturated heterocycles. The maximum absolute atomic E-state index is 12.9. The fraction of sp³-hybridized carbons (Fsp3) is 0.571. The summed E-state index contributed by atoms with van der Waals surface area (Å²) in [6.45, 7) is 3.07. The van der Waals surface area contributed by atoms with Gasteiger partial charge in [-0.2, -0.15) is 13.2 Å². The lowest BCUT2D eigenvalue weighted by atomic mass is 9.99. The fourth-order valence-corrected chi connectivity index (χ4v) is 2.45. The third kappa shape index (κ3) is 3.70. The van der Waals surface area contributed by atoms with Gasteiger partial charge in [-0.3, -0.25) is 0 Å². The molecule has 0 aliphatic carbocycles. The van der Waals surface area contributed by atoms with Crippen LogP contribution >= 0.6 is 0 Å². The summed E-state index contributed by atoms with van der Waals surface area (Å²) in [7, 11) is 0. The third-order valence-electron chi connectivity index (χ3n) is 3.38. The number of halogens is 3. The normalized spacial score (nSPS) is 22.2. The smallest absolute Gasteiger partial charge is 0.380 e. The Morgan fingerprint density at radius 2 is 2.05 bits per heavy atom. The zero-order valence-corrected chi connectivity index (χ0v) is 10.8. The first kappa shape index (κ1) is 14.3. The van der Waals surface area contributed by atoms with E-state index in [9.17, 15) is 13.2 Å². The zero-order chi connectivity index (χ0) is 13.9. The predicted octanol–water partition coefficient (Wildman–Crippen LogP) is 3.54. The summed E-state index contributed by atoms with van der Waals surface area (Å²) >= 11 is 0. The van der Waals surface area contributed by atoms with Gasteiger partial charge in [-0.15, -0.1) is 0 Å². The van der Waals surface area contributed by atoms with Crippen molar-refractivity contribution in [2.75, 3.05) is 13.2 Å². The summed E-state index contributed by atoms with van der Waals surface area (Å²) < 4.78 is 44.1. The molecule has 5 heteroatoms. The highest BCUT2D eigenvalue weighted by Gasteiger charge is 2.34. The second-order valence-electron chi connectivity index (χ2n) is 4.89. The highest BCUT2D eigenvalue weighted by Crippen LogP contribution is 2.34. The molecule has 1 aromatic rings. The Morgan fingerprint density at radius 1 is 1.32 bits per heavy atom. The Kier molecular flexibility index (Phi) is 4.47. The van der Waals surface area contributed by atoms with Crippen LogP contribution in [0.2, 0.25) is 0 Å². The van der Waals surface area contributed by atoms with E-state index >= 15 is 0 Å². The highest BCUT2D eigenvalue weighted by atomic mass is 19.4. The zero-order valence-electron chi connectivity index (χ0n) is 10.8. The average molecular weight is 273 g/mol. The molecule has 106 valence electrons. The molecule has 1 aliphatic rings. The maximum Gasteiger partial charge on any atom is 0.416 e. The average Bonchev–Trinajstić information content (AvgIpc) is 2.39. The molecule has 0 radical (unpaired) electrons. The van der Waals surface area contributed by atoms with Crippen molar-refractivity contribution in [2.45, 2.75) is 38.0 Å². The van der Waals surface area contributed by atoms with Crippen molar-refractivity contribution < 1.29 is 17.9 Å². The number of ether oxygens (including phenoxy) is 1. The first-order valence-electron chi connectivity index (χ1n) is 6.48. The Bertz CT molecular complexity index is 413. The number of alkyl halides is 3. The summed E-state index contributed by atoms with van der Waals surface area (Å²) in [5.74, 6) is 0. The van der Waals surface area contributed by atoms with E-state index in [0.29, 0.717) is 12.2 Å². The monoisotopic (exact) mass is 273 g/mol. The van der Waals surface area contributed by atoms with Crippen LogP contribution in [0.25, 0.3) is 0 Å². The van der Waals surface area contributed by atoms with Crippen LogP contribution in [0.1, 0.15) is 36.9 Å². The molecule has 1 N–H and O–H groups in total. The standard InChI is InChI=1S/C14H18F3NO/c1-10(18-11-5-4-8-19-9-11)12-6-2-3-7-13(12)14(15,16)17/h2-3,6-7,10-11,18H,4-5,8-9H2,1H3. The molecule has 2 atom stereocenters. The van der Waals surface area contributed by atoms with Gasteiger partial charge >= 0.3 is 6.18 Å². The van der Waals surface area contributed by atoms with Gasteiger partial charge in [0, 0.05) is 18.7 Å². The summed E-state index contributed by atoms with van der Waals surface area (Å²) in [5.41, 5.74) is -0.271. The van der Waals surface area contributed by atoms with Gasteiger partial charge < -0.3 is 10.1 Å². The minimum atomic E-state index is -4.31. The molecule has 2 nitrogen and oxygen atoms in total. The first-order valence-corrected chi connectivity index (χ1v) is 6.48. The van der Waals surface area contributed by atoms with E-state index < -0.39 is 11.7 Å². The second-order valence-corrected chi connectivity index (χ2v) is 4.89. The topological polar surface area (TPSA) is 21.3 Å². The van der Waals surface area contributed by atoms with Gasteiger partial charge in [0.15, 0.2) is 0 Å². The highest BCUT2D eigenvalue weighted by molar-refractivity contribution is 5.32. The molecule has 1 heterocycles. The summed E-state index contributed by atoms with van der Waals surface area (Å²) in [6.07, 6.45) is -2.42. The minimum Gasteiger partial charge on any atom is -0.380 e. The molecular formula is C14H18F3NO. The van der Waals surface area contributed by atoms with Crippen LogP contribution in [-0.2, 0) is 10.9 Å². The van der Waals surface area contributed by atoms with E-state index in [-0.39, 0.29) is 12.1 Å². The summed E-state index contributed by atoms with van der Waals surface area (Å²) in [4.78, 5) is 0. The van der Waals surface area contributed by atoms with Crippen LogP contribution in [0.3, 0.4) is 0 Å². The van der Waals surface area contributed by atoms with Crippen molar-refractivity contribution in [1.29, 1.82) is 0 Å². The van der Waals surface area contributed by atoms with Gasteiger partial charge in [0.05, 0.1) is 12.2 Å². The number of hydrogen-bond donors (Lipinski definition) is 1. The molecule has 0 aromatic heterocycles. The van der Waals surface area contributed by atoms with Gasteiger partial charge in [-0.05, 0) is 31.4 Å². The van der Waals surface area contributed by atoms with Gasteiger partial charge in [0.25, 0.3) is 0 Å². The summed E-state index contributed by atoms with van der Waals surface area (Å²) in [6, 6.07) is 5.51. The van der Waals surface area contributed by atoms with Crippen molar-refractivity contribution in [1.82, 2.24) is 5.32 Å². The molecule has 1 aromatic carbocycles. The van der Waals surface area contributed by atoms with Crippen LogP contribution < -0.4 is 5.32 Å². The number of rotatable bonds is 3. The fourth-order valence-electron chi connectivity index (χ4n) is 2.45. The Balaban J connectivity index is 2.12. The van der Waals surface area contributed by atoms with Gasteiger partial charge in [-0.25, -0.2) is 0 Å². The molecule has 2 unspecified atom stereocenters.